The Balaban J connectivity index is 1.42. The molecule has 5 nitrogen and oxygen atoms in total. The second-order valence-electron chi connectivity index (χ2n) is 8.66. The van der Waals surface area contributed by atoms with E-state index in [1.54, 1.807) is 6.07 Å². The van der Waals surface area contributed by atoms with Gasteiger partial charge >= 0.3 is 6.18 Å². The lowest BCUT2D eigenvalue weighted by atomic mass is 10.0. The first-order valence-electron chi connectivity index (χ1n) is 11.3. The van der Waals surface area contributed by atoms with Gasteiger partial charge in [0.1, 0.15) is 5.57 Å². The summed E-state index contributed by atoms with van der Waals surface area (Å²) in [4.78, 5) is 29.0. The molecule has 37 heavy (non-hydrogen) atoms. The van der Waals surface area contributed by atoms with E-state index in [-0.39, 0.29) is 16.4 Å². The van der Waals surface area contributed by atoms with Crippen LogP contribution in [0.25, 0.3) is 6.08 Å². The Kier molecular flexibility index (Phi) is 6.51. The van der Waals surface area contributed by atoms with E-state index in [4.69, 9.17) is 23.8 Å². The average molecular weight is 542 g/mol. The van der Waals surface area contributed by atoms with Crippen molar-refractivity contribution in [1.82, 2.24) is 5.32 Å². The topological polar surface area (TPSA) is 52.7 Å². The summed E-state index contributed by atoms with van der Waals surface area (Å²) in [5.41, 5.74) is 2.48. The number of thiocarbonyl (C=S) groups is 1. The molecule has 0 unspecified atom stereocenters. The van der Waals surface area contributed by atoms with Gasteiger partial charge in [0.15, 0.2) is 5.11 Å². The van der Waals surface area contributed by atoms with E-state index in [1.807, 2.05) is 36.4 Å². The molecule has 0 aromatic heterocycles. The molecule has 2 aliphatic heterocycles. The minimum Gasteiger partial charge on any atom is -0.367 e. The Morgan fingerprint density at radius 1 is 1.03 bits per heavy atom. The summed E-state index contributed by atoms with van der Waals surface area (Å²) in [5.74, 6) is -1.51. The van der Waals surface area contributed by atoms with Crippen LogP contribution in [0, 0.1) is 0 Å². The van der Waals surface area contributed by atoms with Gasteiger partial charge in [-0.25, -0.2) is 0 Å². The standard InChI is InChI=1S/C27H19ClF3N3O2S/c28-22-7-2-1-4-18(22)15-33-11-10-17-12-16(8-9-23(17)33)13-21-24(35)32-26(37)34(25(21)36)20-6-3-5-19(14-20)27(29,30)31/h1-9,12-14H,10-11,15H2,(H,32,35,37)/b21-13+. The number of rotatable bonds is 4. The number of nitrogens with zero attached hydrogens (tertiary/aromatic N) is 2. The predicted octanol–water partition coefficient (Wildman–Crippen LogP) is 5.75. The fraction of sp³-hybridized carbons (Fsp3) is 0.148. The molecule has 5 rings (SSSR count). The van der Waals surface area contributed by atoms with E-state index in [2.05, 4.69) is 10.2 Å². The number of nitrogens with one attached hydrogen (secondary N) is 1. The maximum Gasteiger partial charge on any atom is 0.416 e. The summed E-state index contributed by atoms with van der Waals surface area (Å²) >= 11 is 11.4. The summed E-state index contributed by atoms with van der Waals surface area (Å²) in [5, 5.41) is 2.82. The van der Waals surface area contributed by atoms with Crippen molar-refractivity contribution in [3.63, 3.8) is 0 Å². The molecule has 0 aliphatic carbocycles. The highest BCUT2D eigenvalue weighted by Crippen LogP contribution is 2.34. The lowest BCUT2D eigenvalue weighted by Gasteiger charge is -2.29. The molecule has 1 fully saturated rings. The quantitative estimate of drug-likeness (QED) is 0.259. The van der Waals surface area contributed by atoms with Crippen molar-refractivity contribution in [3.05, 3.63) is 99.6 Å². The van der Waals surface area contributed by atoms with Gasteiger partial charge in [-0.1, -0.05) is 41.9 Å². The highest BCUT2D eigenvalue weighted by molar-refractivity contribution is 7.80. The van der Waals surface area contributed by atoms with Crippen LogP contribution in [0.2, 0.25) is 5.02 Å². The Labute approximate surface area is 221 Å². The minimum atomic E-state index is -4.59. The molecule has 2 heterocycles. The van der Waals surface area contributed by atoms with Crippen molar-refractivity contribution in [3.8, 4) is 0 Å². The Morgan fingerprint density at radius 2 is 1.81 bits per heavy atom. The van der Waals surface area contributed by atoms with Crippen LogP contribution in [0.5, 0.6) is 0 Å². The smallest absolute Gasteiger partial charge is 0.367 e. The zero-order chi connectivity index (χ0) is 26.3. The largest absolute Gasteiger partial charge is 0.416 e. The molecule has 10 heteroatoms. The van der Waals surface area contributed by atoms with Crippen molar-refractivity contribution in [1.29, 1.82) is 0 Å². The second kappa shape index (κ2) is 9.64. The van der Waals surface area contributed by atoms with Crippen molar-refractivity contribution in [2.45, 2.75) is 19.1 Å². The Bertz CT molecular complexity index is 1470. The van der Waals surface area contributed by atoms with Gasteiger partial charge in [-0.15, -0.1) is 0 Å². The van der Waals surface area contributed by atoms with Crippen molar-refractivity contribution in [2.75, 3.05) is 16.3 Å². The van der Waals surface area contributed by atoms with Crippen LogP contribution in [0.4, 0.5) is 24.5 Å². The van der Waals surface area contributed by atoms with Gasteiger partial charge in [0.05, 0.1) is 11.3 Å². The number of benzene rings is 3. The van der Waals surface area contributed by atoms with Crippen LogP contribution in [0.3, 0.4) is 0 Å². The van der Waals surface area contributed by atoms with Crippen LogP contribution < -0.4 is 15.1 Å². The maximum atomic E-state index is 13.2. The number of alkyl halides is 3. The van der Waals surface area contributed by atoms with E-state index >= 15 is 0 Å². The lowest BCUT2D eigenvalue weighted by Crippen LogP contribution is -2.54. The van der Waals surface area contributed by atoms with Gasteiger partial charge < -0.3 is 4.90 Å². The molecule has 3 aromatic carbocycles. The summed E-state index contributed by atoms with van der Waals surface area (Å²) in [6.07, 6.45) is -2.39. The fourth-order valence-corrected chi connectivity index (χ4v) is 4.93. The van der Waals surface area contributed by atoms with E-state index in [0.717, 1.165) is 46.8 Å². The van der Waals surface area contributed by atoms with E-state index in [9.17, 15) is 22.8 Å². The van der Waals surface area contributed by atoms with Crippen LogP contribution >= 0.6 is 23.8 Å². The first kappa shape index (κ1) is 25.0. The Morgan fingerprint density at radius 3 is 2.57 bits per heavy atom. The molecule has 0 radical (unpaired) electrons. The molecule has 0 atom stereocenters. The minimum absolute atomic E-state index is 0.0834. The number of hydrogen-bond acceptors (Lipinski definition) is 4. The first-order valence-corrected chi connectivity index (χ1v) is 12.1. The highest BCUT2D eigenvalue weighted by Gasteiger charge is 2.36. The van der Waals surface area contributed by atoms with Gasteiger partial charge in [-0.05, 0) is 77.8 Å². The van der Waals surface area contributed by atoms with Crippen LogP contribution in [0.15, 0.2) is 72.3 Å². The van der Waals surface area contributed by atoms with Gasteiger partial charge in [-0.2, -0.15) is 13.2 Å². The van der Waals surface area contributed by atoms with Gasteiger partial charge in [0.25, 0.3) is 11.8 Å². The third kappa shape index (κ3) is 4.97. The summed E-state index contributed by atoms with van der Waals surface area (Å²) in [6.45, 7) is 1.44. The van der Waals surface area contributed by atoms with Crippen LogP contribution in [-0.2, 0) is 28.7 Å². The lowest BCUT2D eigenvalue weighted by molar-refractivity contribution is -0.137. The van der Waals surface area contributed by atoms with Crippen LogP contribution in [-0.4, -0.2) is 23.5 Å². The molecule has 0 bridgehead atoms. The van der Waals surface area contributed by atoms with Crippen molar-refractivity contribution >= 4 is 58.2 Å². The molecule has 0 spiro atoms. The molecule has 3 aromatic rings. The third-order valence-electron chi connectivity index (χ3n) is 6.26. The van der Waals surface area contributed by atoms with E-state index in [1.165, 1.54) is 18.2 Å². The molecule has 1 N–H and O–H groups in total. The summed E-state index contributed by atoms with van der Waals surface area (Å²) in [6, 6.07) is 17.5. The zero-order valence-corrected chi connectivity index (χ0v) is 20.8. The molecular weight excluding hydrogens is 523 g/mol. The SMILES string of the molecule is O=C1NC(=S)N(c2cccc(C(F)(F)F)c2)C(=O)/C1=C/c1ccc2c(c1)CCN2Cc1ccccc1Cl. The van der Waals surface area contributed by atoms with Gasteiger partial charge in [0.2, 0.25) is 0 Å². The molecule has 1 saturated heterocycles. The number of carbonyl (C=O) groups is 2. The molecule has 0 saturated carbocycles. The van der Waals surface area contributed by atoms with Crippen molar-refractivity contribution < 1.29 is 22.8 Å². The fourth-order valence-electron chi connectivity index (χ4n) is 4.46. The number of carbonyl (C=O) groups excluding carboxylic acids is 2. The highest BCUT2D eigenvalue weighted by atomic mass is 35.5. The number of fused-ring (bicyclic) bond motifs is 1. The molecule has 188 valence electrons. The van der Waals surface area contributed by atoms with Gasteiger partial charge in [-0.3, -0.25) is 19.8 Å². The monoisotopic (exact) mass is 541 g/mol. The summed E-state index contributed by atoms with van der Waals surface area (Å²) < 4.78 is 39.6. The third-order valence-corrected chi connectivity index (χ3v) is 6.91. The normalized spacial score (nSPS) is 16.9. The van der Waals surface area contributed by atoms with Crippen molar-refractivity contribution in [2.24, 2.45) is 0 Å². The molecule has 2 amide bonds. The number of anilines is 2. The number of halogens is 4. The zero-order valence-electron chi connectivity index (χ0n) is 19.2. The second-order valence-corrected chi connectivity index (χ2v) is 9.45. The first-order chi connectivity index (χ1) is 17.6. The van der Waals surface area contributed by atoms with E-state index < -0.39 is 23.6 Å². The summed E-state index contributed by atoms with van der Waals surface area (Å²) in [7, 11) is 0. The number of amides is 2. The Hall–Kier alpha value is -3.69. The predicted molar refractivity (Wildman–Crippen MR) is 140 cm³/mol. The van der Waals surface area contributed by atoms with Gasteiger partial charge in [0, 0.05) is 23.8 Å². The molecule has 2 aliphatic rings. The van der Waals surface area contributed by atoms with E-state index in [0.29, 0.717) is 17.1 Å². The van der Waals surface area contributed by atoms with Crippen LogP contribution in [0.1, 0.15) is 22.3 Å². The number of hydrogen-bond donors (Lipinski definition) is 1. The average Bonchev–Trinajstić information content (AvgIpc) is 3.24. The molecular formula is C27H19ClF3N3O2S. The maximum absolute atomic E-state index is 13.2.